The molecular formula is C27H42ClFN4O4. The van der Waals surface area contributed by atoms with Crippen LogP contribution in [0.5, 0.6) is 0 Å². The van der Waals surface area contributed by atoms with Gasteiger partial charge in [-0.2, -0.15) is 0 Å². The predicted octanol–water partition coefficient (Wildman–Crippen LogP) is 5.13. The number of carboxylic acid groups (broad SMARTS) is 1. The van der Waals surface area contributed by atoms with Crippen LogP contribution < -0.4 is 10.6 Å². The van der Waals surface area contributed by atoms with Gasteiger partial charge in [0.25, 0.3) is 0 Å². The van der Waals surface area contributed by atoms with Crippen molar-refractivity contribution in [1.82, 2.24) is 20.4 Å². The highest BCUT2D eigenvalue weighted by Crippen LogP contribution is 2.35. The Kier molecular flexibility index (Phi) is 11.7. The second-order valence-electron chi connectivity index (χ2n) is 10.5. The van der Waals surface area contributed by atoms with Crippen LogP contribution in [0.3, 0.4) is 0 Å². The fourth-order valence-corrected chi connectivity index (χ4v) is 5.86. The number of halogens is 2. The molecule has 0 aromatic heterocycles. The SMILES string of the molecule is CNC[C@H](CC1CCCCC1)NC(=O)N1CCC[C@@H]([C@@H](OCCN(C)C(=O)O)c2cc(F)cc(Cl)c2)C1. The summed E-state index contributed by atoms with van der Waals surface area (Å²) in [5.41, 5.74) is 0.598. The number of piperidine rings is 1. The van der Waals surface area contributed by atoms with Gasteiger partial charge in [-0.15, -0.1) is 0 Å². The summed E-state index contributed by atoms with van der Waals surface area (Å²) in [4.78, 5) is 27.4. The molecule has 2 aliphatic rings. The van der Waals surface area contributed by atoms with Crippen LogP contribution >= 0.6 is 11.6 Å². The number of benzene rings is 1. The number of amides is 3. The van der Waals surface area contributed by atoms with Crippen molar-refractivity contribution < 1.29 is 23.8 Å². The average Bonchev–Trinajstić information content (AvgIpc) is 2.86. The molecule has 1 aliphatic heterocycles. The van der Waals surface area contributed by atoms with Crippen LogP contribution in [-0.2, 0) is 4.74 Å². The van der Waals surface area contributed by atoms with Crippen molar-refractivity contribution in [2.75, 3.05) is 46.9 Å². The lowest BCUT2D eigenvalue weighted by Gasteiger charge is -2.38. The molecule has 3 rings (SSSR count). The van der Waals surface area contributed by atoms with Crippen LogP contribution in [0.15, 0.2) is 18.2 Å². The number of urea groups is 1. The van der Waals surface area contributed by atoms with Crippen LogP contribution in [-0.4, -0.2) is 80.0 Å². The van der Waals surface area contributed by atoms with Gasteiger partial charge in [-0.05, 0) is 56.0 Å². The summed E-state index contributed by atoms with van der Waals surface area (Å²) in [6.45, 7) is 2.17. The Morgan fingerprint density at radius 1 is 1.22 bits per heavy atom. The Morgan fingerprint density at radius 2 is 1.97 bits per heavy atom. The van der Waals surface area contributed by atoms with Crippen LogP contribution in [0.1, 0.15) is 63.0 Å². The van der Waals surface area contributed by atoms with Crippen molar-refractivity contribution in [3.8, 4) is 0 Å². The van der Waals surface area contributed by atoms with Crippen LogP contribution in [0.2, 0.25) is 5.02 Å². The molecule has 0 radical (unpaired) electrons. The molecule has 0 spiro atoms. The van der Waals surface area contributed by atoms with Gasteiger partial charge in [-0.3, -0.25) is 0 Å². The Labute approximate surface area is 224 Å². The van der Waals surface area contributed by atoms with E-state index in [1.54, 1.807) is 6.07 Å². The molecule has 3 amide bonds. The van der Waals surface area contributed by atoms with Crippen LogP contribution in [0.25, 0.3) is 0 Å². The number of nitrogens with zero attached hydrogens (tertiary/aromatic N) is 2. The minimum atomic E-state index is -1.04. The fraction of sp³-hybridized carbons (Fsp3) is 0.704. The minimum Gasteiger partial charge on any atom is -0.465 e. The number of hydrogen-bond acceptors (Lipinski definition) is 4. The summed E-state index contributed by atoms with van der Waals surface area (Å²) in [7, 11) is 3.38. The molecular weight excluding hydrogens is 499 g/mol. The van der Waals surface area contributed by atoms with E-state index in [-0.39, 0.29) is 36.2 Å². The van der Waals surface area contributed by atoms with Gasteiger partial charge in [-0.25, -0.2) is 14.0 Å². The molecule has 10 heteroatoms. The van der Waals surface area contributed by atoms with Gasteiger partial charge in [0.2, 0.25) is 0 Å². The monoisotopic (exact) mass is 540 g/mol. The molecule has 2 fully saturated rings. The summed E-state index contributed by atoms with van der Waals surface area (Å²) in [6.07, 6.45) is 7.34. The first kappa shape index (κ1) is 29.5. The molecule has 1 saturated heterocycles. The summed E-state index contributed by atoms with van der Waals surface area (Å²) in [5.74, 6) is 0.122. The van der Waals surface area contributed by atoms with Gasteiger partial charge in [0, 0.05) is 50.2 Å². The lowest BCUT2D eigenvalue weighted by molar-refractivity contribution is -0.0157. The molecule has 1 aromatic carbocycles. The Morgan fingerprint density at radius 3 is 2.65 bits per heavy atom. The maximum absolute atomic E-state index is 14.2. The third kappa shape index (κ3) is 9.30. The van der Waals surface area contributed by atoms with Gasteiger partial charge >= 0.3 is 12.1 Å². The standard InChI is InChI=1S/C27H42ClFN4O4/c1-30-17-24(13-19-7-4-3-5-8-19)31-26(34)33-10-6-9-20(18-33)25(37-12-11-32(2)27(35)36)21-14-22(28)16-23(29)15-21/h14-16,19-20,24-25,30H,3-13,17-18H2,1-2H3,(H,31,34)(H,35,36)/t20-,24+,25-/m1/s1. The lowest BCUT2D eigenvalue weighted by Crippen LogP contribution is -2.52. The van der Waals surface area contributed by atoms with E-state index in [0.29, 0.717) is 24.6 Å². The van der Waals surface area contributed by atoms with Crippen molar-refractivity contribution >= 4 is 23.7 Å². The molecule has 1 aliphatic carbocycles. The first-order chi connectivity index (χ1) is 17.8. The number of likely N-dealkylation sites (tertiary alicyclic amines) is 1. The van der Waals surface area contributed by atoms with E-state index in [1.165, 1.54) is 51.3 Å². The highest BCUT2D eigenvalue weighted by molar-refractivity contribution is 6.30. The molecule has 8 nitrogen and oxygen atoms in total. The molecule has 37 heavy (non-hydrogen) atoms. The van der Waals surface area contributed by atoms with E-state index in [1.807, 2.05) is 11.9 Å². The molecule has 0 bridgehead atoms. The maximum Gasteiger partial charge on any atom is 0.407 e. The minimum absolute atomic E-state index is 0.0709. The van der Waals surface area contributed by atoms with Crippen molar-refractivity contribution in [2.45, 2.75) is 63.5 Å². The smallest absolute Gasteiger partial charge is 0.407 e. The highest BCUT2D eigenvalue weighted by atomic mass is 35.5. The van der Waals surface area contributed by atoms with Crippen molar-refractivity contribution in [1.29, 1.82) is 0 Å². The van der Waals surface area contributed by atoms with Crippen LogP contribution in [0, 0.1) is 17.7 Å². The quantitative estimate of drug-likeness (QED) is 0.362. The van der Waals surface area contributed by atoms with Gasteiger partial charge < -0.3 is 30.3 Å². The number of hydrogen-bond donors (Lipinski definition) is 3. The number of nitrogens with one attached hydrogen (secondary N) is 2. The molecule has 1 aromatic rings. The van der Waals surface area contributed by atoms with Gasteiger partial charge in [0.15, 0.2) is 0 Å². The van der Waals surface area contributed by atoms with Gasteiger partial charge in [0.1, 0.15) is 5.82 Å². The number of carbonyl (C=O) groups is 2. The third-order valence-corrected chi connectivity index (χ3v) is 7.78. The van der Waals surface area contributed by atoms with Crippen molar-refractivity contribution in [2.24, 2.45) is 11.8 Å². The lowest BCUT2D eigenvalue weighted by atomic mass is 9.85. The zero-order valence-corrected chi connectivity index (χ0v) is 22.8. The number of likely N-dealkylation sites (N-methyl/N-ethyl adjacent to an activating group) is 2. The van der Waals surface area contributed by atoms with E-state index in [0.717, 1.165) is 30.7 Å². The second kappa shape index (κ2) is 14.7. The third-order valence-electron chi connectivity index (χ3n) is 7.56. The molecule has 0 unspecified atom stereocenters. The second-order valence-corrected chi connectivity index (χ2v) is 10.9. The van der Waals surface area contributed by atoms with Crippen molar-refractivity contribution in [3.05, 3.63) is 34.6 Å². The highest BCUT2D eigenvalue weighted by Gasteiger charge is 2.32. The van der Waals surface area contributed by atoms with E-state index < -0.39 is 18.0 Å². The Bertz CT molecular complexity index is 866. The predicted molar refractivity (Wildman–Crippen MR) is 142 cm³/mol. The topological polar surface area (TPSA) is 94.1 Å². The molecule has 208 valence electrons. The van der Waals surface area contributed by atoms with E-state index in [2.05, 4.69) is 10.6 Å². The van der Waals surface area contributed by atoms with Crippen molar-refractivity contribution in [3.63, 3.8) is 0 Å². The summed E-state index contributed by atoms with van der Waals surface area (Å²) >= 11 is 6.14. The first-order valence-corrected chi connectivity index (χ1v) is 13.9. The molecule has 1 saturated carbocycles. The zero-order valence-electron chi connectivity index (χ0n) is 22.1. The molecule has 3 N–H and O–H groups in total. The van der Waals surface area contributed by atoms with Gasteiger partial charge in [0.05, 0.1) is 12.7 Å². The number of carbonyl (C=O) groups excluding carboxylic acids is 1. The Hall–Kier alpha value is -2.10. The van der Waals surface area contributed by atoms with Crippen LogP contribution in [0.4, 0.5) is 14.0 Å². The molecule has 1 heterocycles. The summed E-state index contributed by atoms with van der Waals surface area (Å²) in [5, 5.41) is 15.9. The summed E-state index contributed by atoms with van der Waals surface area (Å²) < 4.78 is 20.4. The maximum atomic E-state index is 14.2. The van der Waals surface area contributed by atoms with Gasteiger partial charge in [-0.1, -0.05) is 43.7 Å². The normalized spacial score (nSPS) is 20.3. The summed E-state index contributed by atoms with van der Waals surface area (Å²) in [6, 6.07) is 4.32. The van der Waals surface area contributed by atoms with E-state index in [9.17, 15) is 14.0 Å². The largest absolute Gasteiger partial charge is 0.465 e. The average molecular weight is 541 g/mol. The number of rotatable bonds is 11. The Balaban J connectivity index is 1.67. The van der Waals surface area contributed by atoms with E-state index >= 15 is 0 Å². The number of ether oxygens (including phenoxy) is 1. The fourth-order valence-electron chi connectivity index (χ4n) is 5.63. The van der Waals surface area contributed by atoms with E-state index in [4.69, 9.17) is 21.4 Å². The first-order valence-electron chi connectivity index (χ1n) is 13.5. The molecule has 3 atom stereocenters. The zero-order chi connectivity index (χ0) is 26.8.